The van der Waals surface area contributed by atoms with Crippen molar-refractivity contribution >= 4 is 29.2 Å². The first kappa shape index (κ1) is 14.1. The van der Waals surface area contributed by atoms with Gasteiger partial charge in [0.05, 0.1) is 5.69 Å². The predicted molar refractivity (Wildman–Crippen MR) is 87.7 cm³/mol. The fraction of sp³-hybridized carbons (Fsp3) is 0. The van der Waals surface area contributed by atoms with Crippen molar-refractivity contribution in [3.8, 4) is 0 Å². The molecule has 0 aromatic heterocycles. The first-order valence-electron chi connectivity index (χ1n) is 6.27. The molecule has 0 aliphatic rings. The van der Waals surface area contributed by atoms with Crippen LogP contribution in [-0.2, 0) is 0 Å². The molecule has 0 unspecified atom stereocenters. The van der Waals surface area contributed by atoms with Crippen molar-refractivity contribution in [2.24, 2.45) is 4.99 Å². The summed E-state index contributed by atoms with van der Waals surface area (Å²) in [5.74, 6) is 0. The molecule has 0 aliphatic carbocycles. The Morgan fingerprint density at radius 1 is 0.950 bits per heavy atom. The highest BCUT2D eigenvalue weighted by molar-refractivity contribution is 6.32. The van der Waals surface area contributed by atoms with Gasteiger partial charge in [0.1, 0.15) is 0 Å². The monoisotopic (exact) mass is 282 g/mol. The molecule has 3 heteroatoms. The largest absolute Gasteiger partial charge is 0.362 e. The second-order valence-corrected chi connectivity index (χ2v) is 4.45. The molecule has 2 nitrogen and oxygen atoms in total. The van der Waals surface area contributed by atoms with Gasteiger partial charge in [0, 0.05) is 23.1 Å². The molecule has 1 N–H and O–H groups in total. The summed E-state index contributed by atoms with van der Waals surface area (Å²) in [6.07, 6.45) is 7.01. The quantitative estimate of drug-likeness (QED) is 0.596. The number of hydrogen-bond donors (Lipinski definition) is 1. The molecule has 0 amide bonds. The normalized spacial score (nSPS) is 12.2. The number of allylic oxidation sites excluding steroid dienone is 3. The second-order valence-electron chi connectivity index (χ2n) is 4.01. The van der Waals surface area contributed by atoms with Gasteiger partial charge in [-0.2, -0.15) is 0 Å². The topological polar surface area (TPSA) is 24.4 Å². The number of para-hydroxylation sites is 2. The highest BCUT2D eigenvalue weighted by Gasteiger charge is 1.86. The number of hydrogen-bond acceptors (Lipinski definition) is 2. The van der Waals surface area contributed by atoms with Crippen molar-refractivity contribution in [1.29, 1.82) is 0 Å². The van der Waals surface area contributed by atoms with Gasteiger partial charge in [-0.05, 0) is 36.4 Å². The molecule has 20 heavy (non-hydrogen) atoms. The minimum absolute atomic E-state index is 0.605. The molecule has 0 bridgehead atoms. The summed E-state index contributed by atoms with van der Waals surface area (Å²) in [4.78, 5) is 4.27. The van der Waals surface area contributed by atoms with Gasteiger partial charge in [-0.25, -0.2) is 0 Å². The standard InChI is InChI=1S/C17H15ClN2/c18-15(11-13-19-16-7-3-1-4-8-16)12-14-20-17-9-5-2-6-10-17/h1-14,19H/b13-11+,15-12-,20-14?. The van der Waals surface area contributed by atoms with Crippen LogP contribution < -0.4 is 5.32 Å². The van der Waals surface area contributed by atoms with Crippen molar-refractivity contribution in [2.75, 3.05) is 5.32 Å². The van der Waals surface area contributed by atoms with Gasteiger partial charge >= 0.3 is 0 Å². The van der Waals surface area contributed by atoms with Gasteiger partial charge in [-0.1, -0.05) is 48.0 Å². The van der Waals surface area contributed by atoms with Crippen LogP contribution >= 0.6 is 11.6 Å². The summed E-state index contributed by atoms with van der Waals surface area (Å²) in [6, 6.07) is 19.6. The molecule has 2 aromatic carbocycles. The maximum absolute atomic E-state index is 6.06. The van der Waals surface area contributed by atoms with E-state index in [1.165, 1.54) is 0 Å². The maximum Gasteiger partial charge on any atom is 0.0629 e. The third-order valence-electron chi connectivity index (χ3n) is 2.48. The summed E-state index contributed by atoms with van der Waals surface area (Å²) in [5.41, 5.74) is 1.92. The van der Waals surface area contributed by atoms with Crippen molar-refractivity contribution in [3.63, 3.8) is 0 Å². The van der Waals surface area contributed by atoms with Crippen LogP contribution in [0.2, 0.25) is 0 Å². The molecule has 0 spiro atoms. The van der Waals surface area contributed by atoms with E-state index in [0.717, 1.165) is 11.4 Å². The molecule has 0 radical (unpaired) electrons. The van der Waals surface area contributed by atoms with Gasteiger partial charge in [0.25, 0.3) is 0 Å². The molecule has 0 fully saturated rings. The van der Waals surface area contributed by atoms with E-state index in [2.05, 4.69) is 10.3 Å². The summed E-state index contributed by atoms with van der Waals surface area (Å²) in [5, 5.41) is 3.74. The Bertz CT molecular complexity index is 601. The van der Waals surface area contributed by atoms with Crippen molar-refractivity contribution in [2.45, 2.75) is 0 Å². The molecule has 0 saturated carbocycles. The van der Waals surface area contributed by atoms with Gasteiger partial charge in [-0.3, -0.25) is 4.99 Å². The zero-order valence-electron chi connectivity index (χ0n) is 10.9. The number of anilines is 1. The molecular weight excluding hydrogens is 268 g/mol. The number of halogens is 1. The number of rotatable bonds is 5. The van der Waals surface area contributed by atoms with E-state index in [9.17, 15) is 0 Å². The first-order chi connectivity index (χ1) is 9.84. The minimum atomic E-state index is 0.605. The predicted octanol–water partition coefficient (Wildman–Crippen LogP) is 5.14. The maximum atomic E-state index is 6.06. The molecule has 2 rings (SSSR count). The molecule has 0 atom stereocenters. The first-order valence-corrected chi connectivity index (χ1v) is 6.65. The summed E-state index contributed by atoms with van der Waals surface area (Å²) in [6.45, 7) is 0. The van der Waals surface area contributed by atoms with E-state index in [0.29, 0.717) is 5.03 Å². The molecule has 2 aromatic rings. The lowest BCUT2D eigenvalue weighted by atomic mass is 10.3. The Hall–Kier alpha value is -2.32. The van der Waals surface area contributed by atoms with E-state index in [1.807, 2.05) is 60.7 Å². The van der Waals surface area contributed by atoms with Crippen LogP contribution in [0, 0.1) is 0 Å². The lowest BCUT2D eigenvalue weighted by molar-refractivity contribution is 1.54. The van der Waals surface area contributed by atoms with Crippen LogP contribution in [0.3, 0.4) is 0 Å². The average molecular weight is 283 g/mol. The third-order valence-corrected chi connectivity index (χ3v) is 2.73. The SMILES string of the molecule is ClC(=C\C=Nc1ccccc1)/C=C/Nc1ccccc1. The Kier molecular flexibility index (Phi) is 5.62. The molecule has 0 aliphatic heterocycles. The molecule has 0 saturated heterocycles. The van der Waals surface area contributed by atoms with Gasteiger partial charge in [-0.15, -0.1) is 0 Å². The Balaban J connectivity index is 1.86. The Labute approximate surface area is 124 Å². The number of nitrogens with one attached hydrogen (secondary N) is 1. The van der Waals surface area contributed by atoms with E-state index >= 15 is 0 Å². The Morgan fingerprint density at radius 2 is 1.60 bits per heavy atom. The number of aliphatic imine (C=N–C) groups is 1. The molecule has 100 valence electrons. The van der Waals surface area contributed by atoms with Crippen LogP contribution in [0.5, 0.6) is 0 Å². The fourth-order valence-corrected chi connectivity index (χ4v) is 1.64. The second kappa shape index (κ2) is 7.97. The van der Waals surface area contributed by atoms with Crippen LogP contribution in [0.1, 0.15) is 0 Å². The van der Waals surface area contributed by atoms with E-state index in [1.54, 1.807) is 24.6 Å². The van der Waals surface area contributed by atoms with Crippen LogP contribution in [0.25, 0.3) is 0 Å². The summed E-state index contributed by atoms with van der Waals surface area (Å²) < 4.78 is 0. The van der Waals surface area contributed by atoms with Gasteiger partial charge in [0.2, 0.25) is 0 Å². The number of benzene rings is 2. The lowest BCUT2D eigenvalue weighted by Crippen LogP contribution is -1.85. The summed E-state index contributed by atoms with van der Waals surface area (Å²) >= 11 is 6.06. The van der Waals surface area contributed by atoms with Crippen LogP contribution in [-0.4, -0.2) is 6.21 Å². The summed E-state index contributed by atoms with van der Waals surface area (Å²) in [7, 11) is 0. The zero-order valence-corrected chi connectivity index (χ0v) is 11.7. The van der Waals surface area contributed by atoms with Crippen molar-refractivity contribution in [1.82, 2.24) is 0 Å². The zero-order chi connectivity index (χ0) is 14.0. The highest BCUT2D eigenvalue weighted by Crippen LogP contribution is 2.10. The van der Waals surface area contributed by atoms with E-state index in [4.69, 9.17) is 11.6 Å². The molecule has 0 heterocycles. The van der Waals surface area contributed by atoms with Gasteiger partial charge < -0.3 is 5.32 Å². The van der Waals surface area contributed by atoms with Crippen LogP contribution in [0.4, 0.5) is 11.4 Å². The number of nitrogens with zero attached hydrogens (tertiary/aromatic N) is 1. The molecular formula is C17H15ClN2. The third kappa shape index (κ3) is 5.12. The Morgan fingerprint density at radius 3 is 2.30 bits per heavy atom. The average Bonchev–Trinajstić information content (AvgIpc) is 2.49. The van der Waals surface area contributed by atoms with Gasteiger partial charge in [0.15, 0.2) is 0 Å². The minimum Gasteiger partial charge on any atom is -0.362 e. The van der Waals surface area contributed by atoms with Crippen molar-refractivity contribution in [3.05, 3.63) is 84.0 Å². The van der Waals surface area contributed by atoms with E-state index < -0.39 is 0 Å². The fourth-order valence-electron chi connectivity index (χ4n) is 1.52. The highest BCUT2D eigenvalue weighted by atomic mass is 35.5. The lowest BCUT2D eigenvalue weighted by Gasteiger charge is -1.98. The van der Waals surface area contributed by atoms with E-state index in [-0.39, 0.29) is 0 Å². The van der Waals surface area contributed by atoms with Crippen molar-refractivity contribution < 1.29 is 0 Å². The van der Waals surface area contributed by atoms with Crippen LogP contribution in [0.15, 0.2) is 89.0 Å². The smallest absolute Gasteiger partial charge is 0.0629 e.